The van der Waals surface area contributed by atoms with Gasteiger partial charge in [0.2, 0.25) is 5.95 Å². The first-order valence-corrected chi connectivity index (χ1v) is 12.0. The molecule has 1 fully saturated rings. The number of aryl methyl sites for hydroxylation is 2. The van der Waals surface area contributed by atoms with Crippen molar-refractivity contribution in [2.75, 3.05) is 49.6 Å². The van der Waals surface area contributed by atoms with Gasteiger partial charge in [-0.05, 0) is 49.4 Å². The van der Waals surface area contributed by atoms with Crippen LogP contribution in [0.4, 0.5) is 22.2 Å². The van der Waals surface area contributed by atoms with Crippen molar-refractivity contribution in [2.45, 2.75) is 20.9 Å². The number of nitrogens with zero attached hydrogens (tertiary/aromatic N) is 6. The van der Waals surface area contributed by atoms with Crippen molar-refractivity contribution >= 4 is 34.4 Å². The first kappa shape index (κ1) is 26.1. The second kappa shape index (κ2) is 10.9. The Balaban J connectivity index is 0.00000320. The molecule has 4 aromatic rings. The molecular weight excluding hydrogens is 466 g/mol. The van der Waals surface area contributed by atoms with E-state index in [4.69, 9.17) is 5.73 Å². The van der Waals surface area contributed by atoms with Crippen molar-refractivity contribution in [2.24, 2.45) is 7.05 Å². The molecule has 5 rings (SSSR count). The van der Waals surface area contributed by atoms with Crippen molar-refractivity contribution in [3.8, 4) is 11.3 Å². The highest BCUT2D eigenvalue weighted by Gasteiger charge is 2.15. The van der Waals surface area contributed by atoms with Crippen LogP contribution in [-0.2, 0) is 13.6 Å². The fourth-order valence-corrected chi connectivity index (χ4v) is 4.57. The summed E-state index contributed by atoms with van der Waals surface area (Å²) < 4.78 is 1.73. The summed E-state index contributed by atoms with van der Waals surface area (Å²) >= 11 is 0. The molecule has 10 heteroatoms. The van der Waals surface area contributed by atoms with Crippen LogP contribution in [0.1, 0.15) is 18.6 Å². The highest BCUT2D eigenvalue weighted by molar-refractivity contribution is 5.99. The number of anilines is 3. The van der Waals surface area contributed by atoms with Crippen molar-refractivity contribution in [1.82, 2.24) is 29.5 Å². The number of nitrogens with two attached hydrogens (primary N) is 1. The molecule has 0 unspecified atom stereocenters. The van der Waals surface area contributed by atoms with Crippen molar-refractivity contribution < 1.29 is 4.79 Å². The molecule has 2 amide bonds. The van der Waals surface area contributed by atoms with Crippen LogP contribution in [0.25, 0.3) is 22.2 Å². The Labute approximate surface area is 217 Å². The molecule has 3 heterocycles. The third-order valence-electron chi connectivity index (χ3n) is 6.41. The summed E-state index contributed by atoms with van der Waals surface area (Å²) in [5.41, 5.74) is 11.3. The largest absolute Gasteiger partial charge is 0.368 e. The fourth-order valence-electron chi connectivity index (χ4n) is 4.57. The SMILES string of the molecule is C.Cc1cc(CN2CCN(C)CC2)cc(NC(=O)Nc2cc(-c3ccc4nc(N)ncc4c3)n(C)n2)c1. The highest BCUT2D eigenvalue weighted by atomic mass is 16.2. The average molecular weight is 502 g/mol. The molecule has 0 atom stereocenters. The van der Waals surface area contributed by atoms with E-state index in [1.807, 2.05) is 50.4 Å². The van der Waals surface area contributed by atoms with E-state index >= 15 is 0 Å². The van der Waals surface area contributed by atoms with Crippen LogP contribution >= 0.6 is 0 Å². The summed E-state index contributed by atoms with van der Waals surface area (Å²) in [6, 6.07) is 13.5. The smallest absolute Gasteiger partial charge is 0.324 e. The number of fused-ring (bicyclic) bond motifs is 1. The lowest BCUT2D eigenvalue weighted by Gasteiger charge is -2.32. The van der Waals surface area contributed by atoms with E-state index < -0.39 is 0 Å². The van der Waals surface area contributed by atoms with E-state index in [1.165, 1.54) is 5.56 Å². The lowest BCUT2D eigenvalue weighted by atomic mass is 10.1. The number of hydrogen-bond donors (Lipinski definition) is 3. The Bertz CT molecular complexity index is 1410. The Morgan fingerprint density at radius 1 is 1.03 bits per heavy atom. The summed E-state index contributed by atoms with van der Waals surface area (Å²) in [4.78, 5) is 25.9. The highest BCUT2D eigenvalue weighted by Crippen LogP contribution is 2.26. The van der Waals surface area contributed by atoms with Crippen LogP contribution in [0.2, 0.25) is 0 Å². The number of nitrogens with one attached hydrogen (secondary N) is 2. The summed E-state index contributed by atoms with van der Waals surface area (Å²) in [6.45, 7) is 7.17. The minimum absolute atomic E-state index is 0. The number of nitrogen functional groups attached to an aromatic ring is 1. The zero-order valence-electron chi connectivity index (χ0n) is 20.8. The molecule has 37 heavy (non-hydrogen) atoms. The second-order valence-electron chi connectivity index (χ2n) is 9.41. The van der Waals surface area contributed by atoms with Gasteiger partial charge in [0.05, 0.1) is 11.2 Å². The van der Waals surface area contributed by atoms with E-state index in [0.717, 1.165) is 66.1 Å². The van der Waals surface area contributed by atoms with Gasteiger partial charge in [-0.1, -0.05) is 19.6 Å². The first-order chi connectivity index (χ1) is 17.3. The lowest BCUT2D eigenvalue weighted by molar-refractivity contribution is 0.148. The monoisotopic (exact) mass is 501 g/mol. The number of carbonyl (C=O) groups is 1. The van der Waals surface area contributed by atoms with Gasteiger partial charge >= 0.3 is 6.03 Å². The van der Waals surface area contributed by atoms with Crippen LogP contribution in [0.5, 0.6) is 0 Å². The van der Waals surface area contributed by atoms with E-state index in [2.05, 4.69) is 48.6 Å². The number of urea groups is 1. The number of benzene rings is 2. The molecule has 0 bridgehead atoms. The minimum atomic E-state index is -0.335. The molecule has 10 nitrogen and oxygen atoms in total. The number of piperazine rings is 1. The van der Waals surface area contributed by atoms with Gasteiger partial charge in [-0.25, -0.2) is 14.8 Å². The zero-order valence-corrected chi connectivity index (χ0v) is 20.8. The normalized spacial score (nSPS) is 14.4. The van der Waals surface area contributed by atoms with Gasteiger partial charge in [-0.3, -0.25) is 14.9 Å². The first-order valence-electron chi connectivity index (χ1n) is 12.0. The number of carbonyl (C=O) groups excluding carboxylic acids is 1. The Morgan fingerprint density at radius 2 is 1.81 bits per heavy atom. The maximum absolute atomic E-state index is 12.8. The zero-order chi connectivity index (χ0) is 25.2. The average Bonchev–Trinajstić information content (AvgIpc) is 3.19. The van der Waals surface area contributed by atoms with Crippen molar-refractivity contribution in [1.29, 1.82) is 0 Å². The summed E-state index contributed by atoms with van der Waals surface area (Å²) in [5.74, 6) is 0.706. The molecule has 194 valence electrons. The van der Waals surface area contributed by atoms with Gasteiger partial charge in [-0.15, -0.1) is 0 Å². The Kier molecular flexibility index (Phi) is 7.70. The van der Waals surface area contributed by atoms with E-state index in [0.29, 0.717) is 5.82 Å². The molecule has 1 aliphatic heterocycles. The van der Waals surface area contributed by atoms with Gasteiger partial charge in [-0.2, -0.15) is 5.10 Å². The maximum Gasteiger partial charge on any atom is 0.324 e. The van der Waals surface area contributed by atoms with Gasteiger partial charge in [0, 0.05) is 68.7 Å². The summed E-state index contributed by atoms with van der Waals surface area (Å²) in [6.07, 6.45) is 1.70. The summed E-state index contributed by atoms with van der Waals surface area (Å²) in [5, 5.41) is 11.2. The van der Waals surface area contributed by atoms with Crippen molar-refractivity contribution in [3.63, 3.8) is 0 Å². The minimum Gasteiger partial charge on any atom is -0.368 e. The molecule has 0 spiro atoms. The lowest BCUT2D eigenvalue weighted by Crippen LogP contribution is -2.43. The number of hydrogen-bond acceptors (Lipinski definition) is 7. The van der Waals surface area contributed by atoms with Crippen molar-refractivity contribution in [3.05, 3.63) is 59.8 Å². The predicted molar refractivity (Wildman–Crippen MR) is 149 cm³/mol. The van der Waals surface area contributed by atoms with Gasteiger partial charge in [0.1, 0.15) is 0 Å². The third-order valence-corrected chi connectivity index (χ3v) is 6.41. The number of amides is 2. The second-order valence-corrected chi connectivity index (χ2v) is 9.41. The third kappa shape index (κ3) is 6.22. The predicted octanol–water partition coefficient (Wildman–Crippen LogP) is 3.95. The molecule has 0 aliphatic carbocycles. The van der Waals surface area contributed by atoms with Gasteiger partial charge in [0.25, 0.3) is 0 Å². The Hall–Kier alpha value is -4.02. The molecule has 0 radical (unpaired) electrons. The van der Waals surface area contributed by atoms with E-state index in [-0.39, 0.29) is 19.4 Å². The van der Waals surface area contributed by atoms with E-state index in [9.17, 15) is 4.79 Å². The number of aromatic nitrogens is 4. The molecule has 1 aliphatic rings. The summed E-state index contributed by atoms with van der Waals surface area (Å²) in [7, 11) is 4.00. The number of rotatable bonds is 5. The quantitative estimate of drug-likeness (QED) is 0.379. The Morgan fingerprint density at radius 3 is 2.59 bits per heavy atom. The van der Waals surface area contributed by atoms with Crippen LogP contribution in [0.3, 0.4) is 0 Å². The number of likely N-dealkylation sites (N-methyl/N-ethyl adjacent to an activating group) is 1. The molecule has 2 aromatic heterocycles. The fraction of sp³-hybridized carbons (Fsp3) is 0.333. The van der Waals surface area contributed by atoms with E-state index in [1.54, 1.807) is 10.9 Å². The topological polar surface area (TPSA) is 117 Å². The van der Waals surface area contributed by atoms with Crippen LogP contribution in [0, 0.1) is 6.92 Å². The molecule has 0 saturated carbocycles. The van der Waals surface area contributed by atoms with Crippen LogP contribution in [0.15, 0.2) is 48.7 Å². The standard InChI is InChI=1S/C26H31N9O.CH4/c1-17-10-18(16-35-8-6-33(2)7-9-35)12-21(11-17)29-26(36)31-24-14-23(34(3)32-24)19-4-5-22-20(13-19)15-28-25(27)30-22;/h4-5,10-15H,6-9,16H2,1-3H3,(H2,27,28,30)(H2,29,31,32,36);1H4. The molecular formula is C27H35N9O. The van der Waals surface area contributed by atoms with Crippen LogP contribution < -0.4 is 16.4 Å². The molecule has 2 aromatic carbocycles. The molecule has 1 saturated heterocycles. The molecule has 4 N–H and O–H groups in total. The maximum atomic E-state index is 12.8. The van der Waals surface area contributed by atoms with Gasteiger partial charge in [0.15, 0.2) is 5.82 Å². The van der Waals surface area contributed by atoms with Gasteiger partial charge < -0.3 is 16.0 Å². The van der Waals surface area contributed by atoms with Crippen LogP contribution in [-0.4, -0.2) is 68.8 Å².